The van der Waals surface area contributed by atoms with E-state index in [9.17, 15) is 25.9 Å². The third-order valence-corrected chi connectivity index (χ3v) is 8.48. The Morgan fingerprint density at radius 2 is 0.980 bits per heavy atom. The zero-order valence-corrected chi connectivity index (χ0v) is 31.9. The van der Waals surface area contributed by atoms with Gasteiger partial charge in [-0.2, -0.15) is 10.2 Å². The van der Waals surface area contributed by atoms with Gasteiger partial charge in [0.2, 0.25) is 0 Å². The molecule has 5 rings (SSSR count). The number of hydrogen-bond acceptors (Lipinski definition) is 16. The molecule has 0 aromatic heterocycles. The number of nitrogens with two attached hydrogens (primary N) is 4. The minimum Gasteiger partial charge on any atom is -0.744 e. The van der Waals surface area contributed by atoms with E-state index in [2.05, 4.69) is 30.7 Å². The molecule has 0 radical (unpaired) electrons. The van der Waals surface area contributed by atoms with Crippen LogP contribution in [0, 0.1) is 6.92 Å². The van der Waals surface area contributed by atoms with Gasteiger partial charge in [0.15, 0.2) is 0 Å². The van der Waals surface area contributed by atoms with Crippen LogP contribution < -0.4 is 82.0 Å². The van der Waals surface area contributed by atoms with Gasteiger partial charge in [-0.15, -0.1) is 20.5 Å². The molecule has 0 spiro atoms. The minimum atomic E-state index is -4.94. The Kier molecular flexibility index (Phi) is 12.8. The predicted molar refractivity (Wildman–Crippen MR) is 174 cm³/mol. The van der Waals surface area contributed by atoms with Crippen molar-refractivity contribution in [1.29, 1.82) is 0 Å². The summed E-state index contributed by atoms with van der Waals surface area (Å²) in [5.74, 6) is 0. The van der Waals surface area contributed by atoms with Crippen molar-refractivity contribution >= 4 is 87.9 Å². The number of azo groups is 3. The summed E-state index contributed by atoms with van der Waals surface area (Å²) in [7, 11) is -9.68. The molecule has 0 aliphatic heterocycles. The number of benzene rings is 5. The van der Waals surface area contributed by atoms with E-state index in [4.69, 9.17) is 22.9 Å². The first-order valence-corrected chi connectivity index (χ1v) is 16.1. The van der Waals surface area contributed by atoms with Crippen LogP contribution in [0.4, 0.5) is 56.9 Å². The van der Waals surface area contributed by atoms with Crippen LogP contribution in [0.25, 0.3) is 10.8 Å². The molecule has 0 amide bonds. The first kappa shape index (κ1) is 39.6. The van der Waals surface area contributed by atoms with Gasteiger partial charge in [0, 0.05) is 22.0 Å². The number of hydrogen-bond donors (Lipinski definition) is 4. The quantitative estimate of drug-likeness (QED) is 0.0747. The fraction of sp³-hybridized carbons (Fsp3) is 0.0345. The molecule has 240 valence electrons. The number of rotatable bonds is 8. The maximum Gasteiger partial charge on any atom is 1.00 e. The van der Waals surface area contributed by atoms with Crippen LogP contribution in [0.1, 0.15) is 5.56 Å². The average molecular weight is 719 g/mol. The number of nitrogen functional groups attached to an aromatic ring is 4. The molecule has 0 unspecified atom stereocenters. The second-order valence-electron chi connectivity index (χ2n) is 10.0. The molecule has 5 aromatic carbocycles. The summed E-state index contributed by atoms with van der Waals surface area (Å²) in [4.78, 5) is -1.02. The van der Waals surface area contributed by atoms with Crippen molar-refractivity contribution in [3.63, 3.8) is 0 Å². The fourth-order valence-electron chi connectivity index (χ4n) is 4.34. The number of fused-ring (bicyclic) bond motifs is 1. The van der Waals surface area contributed by atoms with Crippen molar-refractivity contribution < 1.29 is 85.1 Å². The van der Waals surface area contributed by atoms with Gasteiger partial charge in [0.1, 0.15) is 37.3 Å². The molecule has 0 bridgehead atoms. The molecular weight excluding hydrogens is 694 g/mol. The van der Waals surface area contributed by atoms with Crippen LogP contribution in [0.3, 0.4) is 0 Å². The van der Waals surface area contributed by atoms with Gasteiger partial charge in [-0.1, -0.05) is 24.3 Å². The Labute approximate surface area is 324 Å². The van der Waals surface area contributed by atoms with E-state index >= 15 is 0 Å². The summed E-state index contributed by atoms with van der Waals surface area (Å²) in [6, 6.07) is 18.1. The minimum absolute atomic E-state index is 0. The largest absolute Gasteiger partial charge is 1.00 e. The monoisotopic (exact) mass is 718 g/mol. The number of anilines is 4. The SMILES string of the molecule is Cc1c(N=Nc2ccc(N)cc2N)cc(S(=O)(=O)[O-])cc1N=Nc1cc(N=Nc2ccc(S(=O)(=O)[O-])c3ccccc23)c(N)cc1N.[Na+].[Na+]. The average Bonchev–Trinajstić information content (AvgIpc) is 2.99. The first-order chi connectivity index (χ1) is 22.1. The molecule has 20 heteroatoms. The molecule has 0 heterocycles. The zero-order valence-electron chi connectivity index (χ0n) is 26.3. The van der Waals surface area contributed by atoms with E-state index in [0.29, 0.717) is 16.6 Å². The Balaban J connectivity index is 0.00000325. The van der Waals surface area contributed by atoms with E-state index in [1.165, 1.54) is 36.4 Å². The van der Waals surface area contributed by atoms with Gasteiger partial charge in [0.25, 0.3) is 0 Å². The summed E-state index contributed by atoms with van der Waals surface area (Å²) in [5, 5.41) is 25.3. The van der Waals surface area contributed by atoms with Gasteiger partial charge < -0.3 is 32.0 Å². The van der Waals surface area contributed by atoms with Crippen molar-refractivity contribution in [3.8, 4) is 0 Å². The van der Waals surface area contributed by atoms with Crippen molar-refractivity contribution in [3.05, 3.63) is 84.4 Å². The molecule has 0 aliphatic rings. The third-order valence-electron chi connectivity index (χ3n) is 6.77. The summed E-state index contributed by atoms with van der Waals surface area (Å²) in [6.45, 7) is 1.57. The van der Waals surface area contributed by atoms with Gasteiger partial charge >= 0.3 is 59.1 Å². The Hall–Kier alpha value is -3.82. The van der Waals surface area contributed by atoms with Gasteiger partial charge in [-0.3, -0.25) is 0 Å². The summed E-state index contributed by atoms with van der Waals surface area (Å²) >= 11 is 0. The van der Waals surface area contributed by atoms with Gasteiger partial charge in [-0.25, -0.2) is 16.8 Å². The van der Waals surface area contributed by atoms with Crippen molar-refractivity contribution in [1.82, 2.24) is 0 Å². The van der Waals surface area contributed by atoms with E-state index in [0.717, 1.165) is 18.2 Å². The molecule has 5 aromatic rings. The molecule has 0 fully saturated rings. The van der Waals surface area contributed by atoms with Crippen LogP contribution in [0.5, 0.6) is 0 Å². The number of nitrogens with zero attached hydrogens (tertiary/aromatic N) is 6. The Bertz CT molecular complexity index is 2390. The van der Waals surface area contributed by atoms with Crippen LogP contribution in [0.15, 0.2) is 119 Å². The Morgan fingerprint density at radius 1 is 0.510 bits per heavy atom. The summed E-state index contributed by atoms with van der Waals surface area (Å²) < 4.78 is 70.9. The second kappa shape index (κ2) is 15.8. The van der Waals surface area contributed by atoms with E-state index in [-0.39, 0.29) is 116 Å². The molecule has 16 nitrogen and oxygen atoms in total. The van der Waals surface area contributed by atoms with E-state index in [1.54, 1.807) is 31.2 Å². The molecule has 0 saturated heterocycles. The maximum absolute atomic E-state index is 11.9. The summed E-state index contributed by atoms with van der Waals surface area (Å²) in [5.41, 5.74) is 25.7. The predicted octanol–water partition coefficient (Wildman–Crippen LogP) is 0.539. The van der Waals surface area contributed by atoms with Gasteiger partial charge in [0.05, 0.1) is 43.9 Å². The van der Waals surface area contributed by atoms with E-state index < -0.39 is 30.0 Å². The standard InChI is InChI=1S/C29H26N10O6S2.2Na/c1-15-25(36-35-24-7-6-16(30)10-20(24)31)11-17(46(40,41)42)12-26(15)37-39-28-14-27(21(32)13-22(28)33)38-34-23-8-9-29(47(43,44)45)19-5-3-2-4-18(19)23;;/h2-14H,30-33H2,1H3,(H,40,41,42)(H,43,44,45);;/q;2*+1/p-2. The normalized spacial score (nSPS) is 12.1. The maximum atomic E-state index is 11.9. The van der Waals surface area contributed by atoms with Crippen LogP contribution in [-0.4, -0.2) is 25.9 Å². The molecule has 0 atom stereocenters. The molecule has 0 aliphatic carbocycles. The molecule has 0 saturated carbocycles. The zero-order chi connectivity index (χ0) is 34.1. The van der Waals surface area contributed by atoms with Crippen LogP contribution in [0.2, 0.25) is 0 Å². The van der Waals surface area contributed by atoms with Gasteiger partial charge in [-0.05, 0) is 61.5 Å². The third kappa shape index (κ3) is 9.25. The first-order valence-electron chi connectivity index (χ1n) is 13.3. The van der Waals surface area contributed by atoms with Crippen LogP contribution >= 0.6 is 0 Å². The van der Waals surface area contributed by atoms with Crippen LogP contribution in [-0.2, 0) is 20.2 Å². The molecule has 8 N–H and O–H groups in total. The topological polar surface area (TPSA) is 293 Å². The fourth-order valence-corrected chi connectivity index (χ4v) is 5.54. The molecule has 49 heavy (non-hydrogen) atoms. The van der Waals surface area contributed by atoms with Crippen molar-refractivity contribution in [2.24, 2.45) is 30.7 Å². The Morgan fingerprint density at radius 3 is 1.51 bits per heavy atom. The smallest absolute Gasteiger partial charge is 0.744 e. The summed E-state index contributed by atoms with van der Waals surface area (Å²) in [6.07, 6.45) is 0. The van der Waals surface area contributed by atoms with Crippen molar-refractivity contribution in [2.75, 3.05) is 22.9 Å². The van der Waals surface area contributed by atoms with E-state index in [1.807, 2.05) is 0 Å². The van der Waals surface area contributed by atoms with Crippen molar-refractivity contribution in [2.45, 2.75) is 16.7 Å². The molecular formula is C29H24N10Na2O6S2. The second-order valence-corrected chi connectivity index (χ2v) is 12.7.